The van der Waals surface area contributed by atoms with E-state index >= 15 is 0 Å². The molecule has 0 rings (SSSR count). The van der Waals surface area contributed by atoms with Crippen LogP contribution in [-0.4, -0.2) is 25.2 Å². The highest BCUT2D eigenvalue weighted by Gasteiger charge is 2.40. The van der Waals surface area contributed by atoms with Crippen LogP contribution in [0.5, 0.6) is 0 Å². The van der Waals surface area contributed by atoms with Crippen molar-refractivity contribution in [2.45, 2.75) is 78.6 Å². The van der Waals surface area contributed by atoms with Crippen molar-refractivity contribution in [2.24, 2.45) is 5.92 Å². The lowest BCUT2D eigenvalue weighted by molar-refractivity contribution is 0.365. The van der Waals surface area contributed by atoms with E-state index in [-0.39, 0.29) is 0 Å². The van der Waals surface area contributed by atoms with Crippen LogP contribution in [0, 0.1) is 5.92 Å². The Balaban J connectivity index is 4.80. The van der Waals surface area contributed by atoms with Crippen molar-refractivity contribution in [3.8, 4) is 0 Å². The summed E-state index contributed by atoms with van der Waals surface area (Å²) in [5.74, 6) is 0.722. The zero-order chi connectivity index (χ0) is 14.6. The smallest absolute Gasteiger partial charge is 0.314 e. The molecule has 110 valence electrons. The van der Waals surface area contributed by atoms with Crippen molar-refractivity contribution < 1.29 is 8.23 Å². The van der Waals surface area contributed by atoms with Gasteiger partial charge in [-0.05, 0) is 57.8 Å². The molecule has 0 saturated heterocycles. The summed E-state index contributed by atoms with van der Waals surface area (Å²) in [6.45, 7) is 20.5. The predicted octanol–water partition coefficient (Wildman–Crippen LogP) is 5.20. The van der Waals surface area contributed by atoms with Crippen LogP contribution in [0.4, 0.5) is 0 Å². The van der Waals surface area contributed by atoms with Crippen molar-refractivity contribution in [1.82, 2.24) is 0 Å². The Bertz CT molecular complexity index is 228. The molecular formula is C13H34O2Si3. The third-order valence-corrected chi connectivity index (χ3v) is 12.3. The SMILES string of the molecule is CCCC(C)C[Si](C)(O[Si](C)(C)C)O[Si](C)(C)C. The lowest BCUT2D eigenvalue weighted by Gasteiger charge is -2.39. The predicted molar refractivity (Wildman–Crippen MR) is 89.4 cm³/mol. The Morgan fingerprint density at radius 2 is 1.22 bits per heavy atom. The van der Waals surface area contributed by atoms with Gasteiger partial charge in [-0.25, -0.2) is 0 Å². The molecule has 0 amide bonds. The molecule has 1 unspecified atom stereocenters. The molecule has 0 bridgehead atoms. The summed E-state index contributed by atoms with van der Waals surface area (Å²) in [7, 11) is -5.04. The fraction of sp³-hybridized carbons (Fsp3) is 1.00. The minimum absolute atomic E-state index is 0.722. The molecule has 0 N–H and O–H groups in total. The van der Waals surface area contributed by atoms with Crippen molar-refractivity contribution in [3.05, 3.63) is 0 Å². The van der Waals surface area contributed by atoms with Crippen LogP contribution in [0.3, 0.4) is 0 Å². The first-order valence-electron chi connectivity index (χ1n) is 7.27. The summed E-state index contributed by atoms with van der Waals surface area (Å²) in [6.07, 6.45) is 2.54. The summed E-state index contributed by atoms with van der Waals surface area (Å²) < 4.78 is 13.0. The summed E-state index contributed by atoms with van der Waals surface area (Å²) in [4.78, 5) is 0. The molecule has 0 fully saturated rings. The van der Waals surface area contributed by atoms with Crippen LogP contribution in [0.1, 0.15) is 26.7 Å². The Morgan fingerprint density at radius 3 is 1.50 bits per heavy atom. The van der Waals surface area contributed by atoms with E-state index in [9.17, 15) is 0 Å². The lowest BCUT2D eigenvalue weighted by Crippen LogP contribution is -2.53. The number of hydrogen-bond donors (Lipinski definition) is 0. The van der Waals surface area contributed by atoms with Crippen LogP contribution < -0.4 is 0 Å². The monoisotopic (exact) mass is 306 g/mol. The van der Waals surface area contributed by atoms with Gasteiger partial charge in [-0.2, -0.15) is 0 Å². The van der Waals surface area contributed by atoms with E-state index in [1.807, 2.05) is 0 Å². The highest BCUT2D eigenvalue weighted by atomic mass is 28.5. The second kappa shape index (κ2) is 6.83. The average molecular weight is 307 g/mol. The highest BCUT2D eigenvalue weighted by Crippen LogP contribution is 2.28. The highest BCUT2D eigenvalue weighted by molar-refractivity contribution is 6.87. The van der Waals surface area contributed by atoms with Gasteiger partial charge >= 0.3 is 8.56 Å². The van der Waals surface area contributed by atoms with Gasteiger partial charge in [0.2, 0.25) is 0 Å². The van der Waals surface area contributed by atoms with Crippen molar-refractivity contribution >= 4 is 25.2 Å². The largest absolute Gasteiger partial charge is 0.437 e. The molecule has 0 heterocycles. The second-order valence-corrected chi connectivity index (χ2v) is 20.4. The van der Waals surface area contributed by atoms with Crippen LogP contribution >= 0.6 is 0 Å². The molecule has 0 aromatic rings. The minimum atomic E-state index is -2.00. The standard InChI is InChI=1S/C13H34O2Si3/c1-10-11-13(2)12-18(9,14-16(3,4)5)15-17(6,7)8/h13H,10-12H2,1-9H3. The summed E-state index contributed by atoms with van der Waals surface area (Å²) in [6, 6.07) is 1.15. The Labute approximate surface area is 118 Å². The maximum Gasteiger partial charge on any atom is 0.314 e. The fourth-order valence-electron chi connectivity index (χ4n) is 2.63. The van der Waals surface area contributed by atoms with Gasteiger partial charge in [-0.3, -0.25) is 0 Å². The van der Waals surface area contributed by atoms with Crippen molar-refractivity contribution in [3.63, 3.8) is 0 Å². The van der Waals surface area contributed by atoms with E-state index in [2.05, 4.69) is 59.7 Å². The minimum Gasteiger partial charge on any atom is -0.437 e. The van der Waals surface area contributed by atoms with Gasteiger partial charge < -0.3 is 8.23 Å². The van der Waals surface area contributed by atoms with Gasteiger partial charge in [0.15, 0.2) is 16.6 Å². The third-order valence-electron chi connectivity index (χ3n) is 2.54. The molecule has 0 aromatic heterocycles. The summed E-state index contributed by atoms with van der Waals surface area (Å²) >= 11 is 0. The van der Waals surface area contributed by atoms with Crippen LogP contribution in [0.25, 0.3) is 0 Å². The third kappa shape index (κ3) is 9.49. The van der Waals surface area contributed by atoms with Gasteiger partial charge in [0.1, 0.15) is 0 Å². The molecule has 0 aromatic carbocycles. The molecule has 1 atom stereocenters. The molecule has 0 aliphatic rings. The molecule has 0 aliphatic carbocycles. The Morgan fingerprint density at radius 1 is 0.833 bits per heavy atom. The fourth-order valence-corrected chi connectivity index (χ4v) is 15.7. The Kier molecular flexibility index (Phi) is 7.05. The Hall–Kier alpha value is 0.571. The van der Waals surface area contributed by atoms with E-state index in [1.165, 1.54) is 12.8 Å². The van der Waals surface area contributed by atoms with Gasteiger partial charge in [0.05, 0.1) is 0 Å². The van der Waals surface area contributed by atoms with E-state index in [0.717, 1.165) is 12.0 Å². The summed E-state index contributed by atoms with van der Waals surface area (Å²) in [5.41, 5.74) is 0. The molecular weight excluding hydrogens is 272 g/mol. The lowest BCUT2D eigenvalue weighted by atomic mass is 10.1. The van der Waals surface area contributed by atoms with E-state index < -0.39 is 25.2 Å². The number of rotatable bonds is 8. The molecule has 0 aliphatic heterocycles. The first kappa shape index (κ1) is 18.6. The van der Waals surface area contributed by atoms with E-state index in [0.29, 0.717) is 0 Å². The van der Waals surface area contributed by atoms with Crippen molar-refractivity contribution in [2.75, 3.05) is 0 Å². The number of hydrogen-bond acceptors (Lipinski definition) is 2. The molecule has 0 spiro atoms. The normalized spacial score (nSPS) is 15.8. The first-order valence-corrected chi connectivity index (χ1v) is 16.6. The maximum atomic E-state index is 6.51. The molecule has 5 heteroatoms. The summed E-state index contributed by atoms with van der Waals surface area (Å²) in [5, 5.41) is 0. The molecule has 0 radical (unpaired) electrons. The van der Waals surface area contributed by atoms with Crippen molar-refractivity contribution in [1.29, 1.82) is 0 Å². The van der Waals surface area contributed by atoms with Gasteiger partial charge in [-0.15, -0.1) is 0 Å². The maximum absolute atomic E-state index is 6.51. The molecule has 2 nitrogen and oxygen atoms in total. The second-order valence-electron chi connectivity index (χ2n) is 7.66. The van der Waals surface area contributed by atoms with Gasteiger partial charge in [0, 0.05) is 0 Å². The van der Waals surface area contributed by atoms with Gasteiger partial charge in [-0.1, -0.05) is 26.7 Å². The first-order chi connectivity index (χ1) is 7.87. The van der Waals surface area contributed by atoms with Gasteiger partial charge in [0.25, 0.3) is 0 Å². The molecule has 18 heavy (non-hydrogen) atoms. The van der Waals surface area contributed by atoms with Crippen LogP contribution in [-0.2, 0) is 8.23 Å². The zero-order valence-electron chi connectivity index (χ0n) is 14.0. The van der Waals surface area contributed by atoms with Crippen LogP contribution in [0.2, 0.25) is 51.9 Å². The molecule has 0 saturated carbocycles. The zero-order valence-corrected chi connectivity index (χ0v) is 17.0. The quantitative estimate of drug-likeness (QED) is 0.574. The topological polar surface area (TPSA) is 18.5 Å². The average Bonchev–Trinajstić information content (AvgIpc) is 1.93. The van der Waals surface area contributed by atoms with E-state index in [4.69, 9.17) is 8.23 Å². The van der Waals surface area contributed by atoms with E-state index in [1.54, 1.807) is 0 Å². The van der Waals surface area contributed by atoms with Crippen LogP contribution in [0.15, 0.2) is 0 Å².